The van der Waals surface area contributed by atoms with Crippen molar-refractivity contribution in [1.82, 2.24) is 4.90 Å². The summed E-state index contributed by atoms with van der Waals surface area (Å²) in [6.07, 6.45) is 7.82. The third-order valence-electron chi connectivity index (χ3n) is 7.76. The Morgan fingerprint density at radius 1 is 1.26 bits per heavy atom. The second-order valence-electron chi connectivity index (χ2n) is 9.29. The summed E-state index contributed by atoms with van der Waals surface area (Å²) in [7, 11) is 4.74. The van der Waals surface area contributed by atoms with Gasteiger partial charge in [-0.1, -0.05) is 13.3 Å². The van der Waals surface area contributed by atoms with Crippen LogP contribution in [0, 0.1) is 11.8 Å². The molecular weight excluding hydrogens is 432 g/mol. The van der Waals surface area contributed by atoms with Crippen molar-refractivity contribution in [2.24, 2.45) is 16.8 Å². The number of rotatable bonds is 6. The molecule has 0 spiro atoms. The molecule has 0 amide bonds. The standard InChI is InChI=1S/C27H32N2O5/c1-5-16-13-29-10-8-19-24-22(7-6-18(26(24)32-3)17-9-11-34-14-17)28-25(19)23(29)12-20(16)21(15-31-2)27(30)33-4/h6-7,9,11,14-16,19-20,23H,5,8,10,12-13H2,1-4H3/b21-15+. The van der Waals surface area contributed by atoms with E-state index in [4.69, 9.17) is 23.6 Å². The van der Waals surface area contributed by atoms with Crippen molar-refractivity contribution in [1.29, 1.82) is 0 Å². The van der Waals surface area contributed by atoms with Gasteiger partial charge in [-0.3, -0.25) is 9.89 Å². The lowest BCUT2D eigenvalue weighted by molar-refractivity contribution is -0.137. The Kier molecular flexibility index (Phi) is 6.21. The van der Waals surface area contributed by atoms with Crippen LogP contribution in [0.1, 0.15) is 37.7 Å². The quantitative estimate of drug-likeness (QED) is 0.342. The summed E-state index contributed by atoms with van der Waals surface area (Å²) in [6, 6.07) is 6.28. The van der Waals surface area contributed by atoms with Gasteiger partial charge in [0, 0.05) is 40.9 Å². The number of hydrogen-bond acceptors (Lipinski definition) is 7. The summed E-state index contributed by atoms with van der Waals surface area (Å²) in [5.41, 5.74) is 5.99. The molecule has 0 aliphatic carbocycles. The number of fused-ring (bicyclic) bond motifs is 5. The molecule has 4 heterocycles. The van der Waals surface area contributed by atoms with Crippen LogP contribution in [0.2, 0.25) is 0 Å². The van der Waals surface area contributed by atoms with E-state index in [0.29, 0.717) is 11.5 Å². The second kappa shape index (κ2) is 9.29. The van der Waals surface area contributed by atoms with Gasteiger partial charge in [-0.05, 0) is 49.4 Å². The molecular formula is C27H32N2O5. The monoisotopic (exact) mass is 464 g/mol. The average molecular weight is 465 g/mol. The third-order valence-corrected chi connectivity index (χ3v) is 7.76. The molecule has 1 aromatic carbocycles. The first-order valence-electron chi connectivity index (χ1n) is 12.0. The number of aliphatic imine (C=N–C) groups is 1. The highest BCUT2D eigenvalue weighted by Gasteiger charge is 2.47. The SMILES string of the molecule is CCC1CN2CCC3C(=Nc4ccc(-c5ccoc5)c(OC)c43)C2CC1/C(=C\OC)C(=O)OC. The molecule has 1 aromatic heterocycles. The summed E-state index contributed by atoms with van der Waals surface area (Å²) in [5, 5.41) is 0. The fraction of sp³-hybridized carbons (Fsp3) is 0.481. The molecule has 0 bridgehead atoms. The number of methoxy groups -OCH3 is 3. The highest BCUT2D eigenvalue weighted by atomic mass is 16.5. The van der Waals surface area contributed by atoms with Crippen molar-refractivity contribution < 1.29 is 23.4 Å². The lowest BCUT2D eigenvalue weighted by Crippen LogP contribution is -2.55. The van der Waals surface area contributed by atoms with Crippen LogP contribution in [0.15, 0.2) is 52.0 Å². The van der Waals surface area contributed by atoms with Crippen LogP contribution in [-0.4, -0.2) is 57.0 Å². The van der Waals surface area contributed by atoms with Gasteiger partial charge in [-0.25, -0.2) is 4.79 Å². The van der Waals surface area contributed by atoms with E-state index in [0.717, 1.165) is 54.9 Å². The molecule has 3 aliphatic rings. The van der Waals surface area contributed by atoms with Crippen molar-refractivity contribution in [2.75, 3.05) is 34.4 Å². The average Bonchev–Trinajstić information content (AvgIpc) is 3.53. The van der Waals surface area contributed by atoms with Crippen molar-refractivity contribution in [2.45, 2.75) is 38.1 Å². The molecule has 0 N–H and O–H groups in total. The minimum atomic E-state index is -0.311. The Labute approximate surface area is 200 Å². The molecule has 0 saturated carbocycles. The van der Waals surface area contributed by atoms with Crippen LogP contribution in [0.5, 0.6) is 5.75 Å². The molecule has 3 aliphatic heterocycles. The Bertz CT molecular complexity index is 1120. The number of carbonyl (C=O) groups excluding carboxylic acids is 1. The van der Waals surface area contributed by atoms with Crippen LogP contribution in [0.4, 0.5) is 5.69 Å². The van der Waals surface area contributed by atoms with Gasteiger partial charge in [0.2, 0.25) is 0 Å². The summed E-state index contributed by atoms with van der Waals surface area (Å²) >= 11 is 0. The molecule has 180 valence electrons. The Morgan fingerprint density at radius 3 is 2.79 bits per heavy atom. The van der Waals surface area contributed by atoms with Crippen molar-refractivity contribution >= 4 is 17.4 Å². The number of ether oxygens (including phenoxy) is 3. The van der Waals surface area contributed by atoms with Gasteiger partial charge in [-0.15, -0.1) is 0 Å². The number of carbonyl (C=O) groups is 1. The summed E-state index contributed by atoms with van der Waals surface area (Å²) in [4.78, 5) is 20.3. The number of nitrogens with zero attached hydrogens (tertiary/aromatic N) is 2. The summed E-state index contributed by atoms with van der Waals surface area (Å²) in [6.45, 7) is 4.12. The van der Waals surface area contributed by atoms with Gasteiger partial charge in [0.15, 0.2) is 0 Å². The van der Waals surface area contributed by atoms with Crippen LogP contribution < -0.4 is 4.74 Å². The van der Waals surface area contributed by atoms with Crippen LogP contribution in [-0.2, 0) is 14.3 Å². The zero-order valence-electron chi connectivity index (χ0n) is 20.2. The largest absolute Gasteiger partial charge is 0.504 e. The molecule has 2 aromatic rings. The lowest BCUT2D eigenvalue weighted by Gasteiger charge is -2.48. The molecule has 5 rings (SSSR count). The van der Waals surface area contributed by atoms with Crippen molar-refractivity contribution in [3.63, 3.8) is 0 Å². The molecule has 2 fully saturated rings. The van der Waals surface area contributed by atoms with Gasteiger partial charge in [0.1, 0.15) is 5.75 Å². The minimum absolute atomic E-state index is 0.0622. The number of furan rings is 1. The van der Waals surface area contributed by atoms with Gasteiger partial charge < -0.3 is 18.6 Å². The van der Waals surface area contributed by atoms with Gasteiger partial charge in [0.05, 0.1) is 51.4 Å². The zero-order chi connectivity index (χ0) is 23.8. The van der Waals surface area contributed by atoms with E-state index >= 15 is 0 Å². The van der Waals surface area contributed by atoms with Crippen LogP contribution in [0.25, 0.3) is 11.1 Å². The Hall–Kier alpha value is -3.06. The van der Waals surface area contributed by atoms with Crippen molar-refractivity contribution in [3.8, 4) is 16.9 Å². The van der Waals surface area contributed by atoms with E-state index in [1.165, 1.54) is 18.4 Å². The molecule has 7 nitrogen and oxygen atoms in total. The number of piperidine rings is 2. The maximum atomic E-state index is 12.6. The van der Waals surface area contributed by atoms with E-state index in [1.54, 1.807) is 33.0 Å². The van der Waals surface area contributed by atoms with E-state index in [2.05, 4.69) is 24.0 Å². The van der Waals surface area contributed by atoms with E-state index in [1.807, 2.05) is 6.07 Å². The predicted octanol–water partition coefficient (Wildman–Crippen LogP) is 4.95. The minimum Gasteiger partial charge on any atom is -0.504 e. The topological polar surface area (TPSA) is 73.5 Å². The first kappa shape index (κ1) is 22.7. The van der Waals surface area contributed by atoms with Gasteiger partial charge >= 0.3 is 5.97 Å². The first-order chi connectivity index (χ1) is 16.6. The molecule has 34 heavy (non-hydrogen) atoms. The Balaban J connectivity index is 1.50. The maximum absolute atomic E-state index is 12.6. The molecule has 0 radical (unpaired) electrons. The predicted molar refractivity (Wildman–Crippen MR) is 130 cm³/mol. The summed E-state index contributed by atoms with van der Waals surface area (Å²) < 4.78 is 21.7. The molecule has 2 saturated heterocycles. The fourth-order valence-corrected chi connectivity index (χ4v) is 6.17. The van der Waals surface area contributed by atoms with E-state index in [9.17, 15) is 4.79 Å². The fourth-order valence-electron chi connectivity index (χ4n) is 6.17. The number of benzene rings is 1. The third kappa shape index (κ3) is 3.63. The summed E-state index contributed by atoms with van der Waals surface area (Å²) in [5.74, 6) is 1.20. The van der Waals surface area contributed by atoms with Gasteiger partial charge in [0.25, 0.3) is 0 Å². The van der Waals surface area contributed by atoms with E-state index < -0.39 is 0 Å². The lowest BCUT2D eigenvalue weighted by atomic mass is 9.71. The van der Waals surface area contributed by atoms with Crippen LogP contribution in [0.3, 0.4) is 0 Å². The highest BCUT2D eigenvalue weighted by molar-refractivity contribution is 6.04. The first-order valence-corrected chi connectivity index (χ1v) is 12.0. The van der Waals surface area contributed by atoms with E-state index in [-0.39, 0.29) is 23.8 Å². The van der Waals surface area contributed by atoms with Crippen molar-refractivity contribution in [3.05, 3.63) is 48.1 Å². The van der Waals surface area contributed by atoms with Crippen LogP contribution >= 0.6 is 0 Å². The van der Waals surface area contributed by atoms with Gasteiger partial charge in [-0.2, -0.15) is 0 Å². The number of esters is 1. The normalized spacial score (nSPS) is 26.2. The molecule has 7 heteroatoms. The highest BCUT2D eigenvalue weighted by Crippen LogP contribution is 2.52. The number of hydrogen-bond donors (Lipinski definition) is 0. The maximum Gasteiger partial charge on any atom is 0.337 e. The zero-order valence-corrected chi connectivity index (χ0v) is 20.2. The second-order valence-corrected chi connectivity index (χ2v) is 9.29. The Morgan fingerprint density at radius 2 is 2.12 bits per heavy atom. The smallest absolute Gasteiger partial charge is 0.337 e. The molecule has 4 atom stereocenters. The molecule has 4 unspecified atom stereocenters.